The van der Waals surface area contributed by atoms with Crippen LogP contribution in [0.3, 0.4) is 0 Å². The zero-order valence-electron chi connectivity index (χ0n) is 11.8. The molecule has 0 radical (unpaired) electrons. The van der Waals surface area contributed by atoms with Crippen LogP contribution < -0.4 is 5.32 Å². The van der Waals surface area contributed by atoms with Crippen molar-refractivity contribution in [2.75, 3.05) is 25.6 Å². The third kappa shape index (κ3) is 3.47. The van der Waals surface area contributed by atoms with E-state index in [0.717, 1.165) is 18.7 Å². The highest BCUT2D eigenvalue weighted by Crippen LogP contribution is 2.23. The molecule has 0 aliphatic carbocycles. The van der Waals surface area contributed by atoms with Crippen LogP contribution in [0.4, 0.5) is 5.69 Å². The Hall–Kier alpha value is -1.55. The second kappa shape index (κ2) is 5.61. The second-order valence-corrected chi connectivity index (χ2v) is 5.40. The highest BCUT2D eigenvalue weighted by molar-refractivity contribution is 5.91. The van der Waals surface area contributed by atoms with Crippen LogP contribution in [-0.4, -0.2) is 31.8 Å². The van der Waals surface area contributed by atoms with Crippen molar-refractivity contribution in [3.05, 3.63) is 29.3 Å². The van der Waals surface area contributed by atoms with Gasteiger partial charge in [0, 0.05) is 25.8 Å². The van der Waals surface area contributed by atoms with E-state index in [2.05, 4.69) is 5.32 Å². The fraction of sp³-hybridized carbons (Fsp3) is 0.533. The molecule has 0 amide bonds. The summed E-state index contributed by atoms with van der Waals surface area (Å²) in [7, 11) is 1.66. The first kappa shape index (κ1) is 13.9. The van der Waals surface area contributed by atoms with E-state index in [0.29, 0.717) is 18.6 Å². The standard InChI is InChI=1S/C15H21NO3/c1-15(2,18-3)7-9-19-14(17)12-5-4-11-6-8-16-13(11)10-12/h4-5,10,16H,6-9H2,1-3H3. The lowest BCUT2D eigenvalue weighted by Gasteiger charge is -2.22. The molecule has 4 nitrogen and oxygen atoms in total. The molecule has 1 N–H and O–H groups in total. The first-order chi connectivity index (χ1) is 9.02. The van der Waals surface area contributed by atoms with E-state index in [1.165, 1.54) is 5.56 Å². The molecular weight excluding hydrogens is 242 g/mol. The van der Waals surface area contributed by atoms with Gasteiger partial charge in [0.1, 0.15) is 0 Å². The van der Waals surface area contributed by atoms with E-state index in [1.807, 2.05) is 32.0 Å². The summed E-state index contributed by atoms with van der Waals surface area (Å²) >= 11 is 0. The Morgan fingerprint density at radius 2 is 2.21 bits per heavy atom. The third-order valence-electron chi connectivity index (χ3n) is 3.55. The first-order valence-electron chi connectivity index (χ1n) is 6.61. The molecule has 0 bridgehead atoms. The Kier molecular flexibility index (Phi) is 4.10. The van der Waals surface area contributed by atoms with Crippen LogP contribution in [0.5, 0.6) is 0 Å². The molecular formula is C15H21NO3. The molecule has 1 heterocycles. The summed E-state index contributed by atoms with van der Waals surface area (Å²) in [6, 6.07) is 5.69. The molecule has 0 fully saturated rings. The predicted octanol–water partition coefficient (Wildman–Crippen LogP) is 2.63. The van der Waals surface area contributed by atoms with Gasteiger partial charge in [-0.15, -0.1) is 0 Å². The number of ether oxygens (including phenoxy) is 2. The molecule has 104 valence electrons. The zero-order valence-corrected chi connectivity index (χ0v) is 11.8. The number of benzene rings is 1. The number of fused-ring (bicyclic) bond motifs is 1. The summed E-state index contributed by atoms with van der Waals surface area (Å²) in [5, 5.41) is 3.26. The van der Waals surface area contributed by atoms with E-state index in [9.17, 15) is 4.79 Å². The van der Waals surface area contributed by atoms with Crippen molar-refractivity contribution >= 4 is 11.7 Å². The highest BCUT2D eigenvalue weighted by Gasteiger charge is 2.18. The monoisotopic (exact) mass is 263 g/mol. The molecule has 4 heteroatoms. The smallest absolute Gasteiger partial charge is 0.338 e. The lowest BCUT2D eigenvalue weighted by atomic mass is 10.1. The zero-order chi connectivity index (χ0) is 13.9. The summed E-state index contributed by atoms with van der Waals surface area (Å²) in [5.41, 5.74) is 2.65. The van der Waals surface area contributed by atoms with Gasteiger partial charge in [-0.1, -0.05) is 6.07 Å². The first-order valence-corrected chi connectivity index (χ1v) is 6.61. The molecule has 0 saturated carbocycles. The minimum atomic E-state index is -0.275. The summed E-state index contributed by atoms with van der Waals surface area (Å²) < 4.78 is 10.6. The van der Waals surface area contributed by atoms with Crippen molar-refractivity contribution in [1.82, 2.24) is 0 Å². The van der Waals surface area contributed by atoms with Crippen molar-refractivity contribution < 1.29 is 14.3 Å². The minimum absolute atomic E-state index is 0.264. The minimum Gasteiger partial charge on any atom is -0.462 e. The average Bonchev–Trinajstić information content (AvgIpc) is 2.85. The Labute approximate surface area is 114 Å². The van der Waals surface area contributed by atoms with Gasteiger partial charge in [-0.3, -0.25) is 0 Å². The maximum absolute atomic E-state index is 11.9. The van der Waals surface area contributed by atoms with Crippen molar-refractivity contribution in [1.29, 1.82) is 0 Å². The molecule has 2 rings (SSSR count). The van der Waals surface area contributed by atoms with Gasteiger partial charge < -0.3 is 14.8 Å². The van der Waals surface area contributed by atoms with Crippen LogP contribution >= 0.6 is 0 Å². The SMILES string of the molecule is COC(C)(C)CCOC(=O)c1ccc2c(c1)NCC2. The normalized spacial score (nSPS) is 13.8. The van der Waals surface area contributed by atoms with Crippen LogP contribution in [-0.2, 0) is 15.9 Å². The van der Waals surface area contributed by atoms with Crippen LogP contribution in [0.2, 0.25) is 0 Å². The summed E-state index contributed by atoms with van der Waals surface area (Å²) in [6.07, 6.45) is 1.70. The van der Waals surface area contributed by atoms with Crippen molar-refractivity contribution in [2.45, 2.75) is 32.3 Å². The summed E-state index contributed by atoms with van der Waals surface area (Å²) in [4.78, 5) is 11.9. The number of esters is 1. The van der Waals surface area contributed by atoms with E-state index < -0.39 is 0 Å². The van der Waals surface area contributed by atoms with Crippen molar-refractivity contribution in [3.63, 3.8) is 0 Å². The number of hydrogen-bond donors (Lipinski definition) is 1. The van der Waals surface area contributed by atoms with Gasteiger partial charge >= 0.3 is 5.97 Å². The van der Waals surface area contributed by atoms with Gasteiger partial charge in [0.05, 0.1) is 17.8 Å². The number of rotatable bonds is 5. The number of anilines is 1. The molecule has 0 atom stereocenters. The molecule has 0 unspecified atom stereocenters. The maximum Gasteiger partial charge on any atom is 0.338 e. The topological polar surface area (TPSA) is 47.6 Å². The Bertz CT molecular complexity index is 468. The predicted molar refractivity (Wildman–Crippen MR) is 74.6 cm³/mol. The van der Waals surface area contributed by atoms with E-state index in [1.54, 1.807) is 7.11 Å². The lowest BCUT2D eigenvalue weighted by molar-refractivity contribution is -0.00563. The van der Waals surface area contributed by atoms with Crippen LogP contribution in [0.25, 0.3) is 0 Å². The van der Waals surface area contributed by atoms with Gasteiger partial charge in [0.25, 0.3) is 0 Å². The van der Waals surface area contributed by atoms with Crippen LogP contribution in [0.1, 0.15) is 36.2 Å². The van der Waals surface area contributed by atoms with Crippen LogP contribution in [0, 0.1) is 0 Å². The second-order valence-electron chi connectivity index (χ2n) is 5.40. The highest BCUT2D eigenvalue weighted by atomic mass is 16.5. The fourth-order valence-corrected chi connectivity index (χ4v) is 1.99. The molecule has 19 heavy (non-hydrogen) atoms. The molecule has 1 aliphatic rings. The van der Waals surface area contributed by atoms with Gasteiger partial charge in [0.15, 0.2) is 0 Å². The molecule has 0 aromatic heterocycles. The number of carbonyl (C=O) groups is 1. The van der Waals surface area contributed by atoms with Crippen molar-refractivity contribution in [2.24, 2.45) is 0 Å². The van der Waals surface area contributed by atoms with Gasteiger partial charge in [-0.05, 0) is 38.0 Å². The third-order valence-corrected chi connectivity index (χ3v) is 3.55. The van der Waals surface area contributed by atoms with E-state index in [4.69, 9.17) is 9.47 Å². The fourth-order valence-electron chi connectivity index (χ4n) is 1.99. The molecule has 1 aromatic carbocycles. The Morgan fingerprint density at radius 3 is 2.95 bits per heavy atom. The van der Waals surface area contributed by atoms with Gasteiger partial charge in [-0.25, -0.2) is 4.79 Å². The molecule has 0 saturated heterocycles. The average molecular weight is 263 g/mol. The Balaban J connectivity index is 1.90. The van der Waals surface area contributed by atoms with E-state index >= 15 is 0 Å². The summed E-state index contributed by atoms with van der Waals surface area (Å²) in [5.74, 6) is -0.275. The quantitative estimate of drug-likeness (QED) is 0.830. The van der Waals surface area contributed by atoms with Gasteiger partial charge in [-0.2, -0.15) is 0 Å². The lowest BCUT2D eigenvalue weighted by Crippen LogP contribution is -2.25. The molecule has 1 aliphatic heterocycles. The number of hydrogen-bond acceptors (Lipinski definition) is 4. The number of carbonyl (C=O) groups excluding carboxylic acids is 1. The van der Waals surface area contributed by atoms with Crippen molar-refractivity contribution in [3.8, 4) is 0 Å². The Morgan fingerprint density at radius 1 is 1.42 bits per heavy atom. The maximum atomic E-state index is 11.9. The largest absolute Gasteiger partial charge is 0.462 e. The van der Waals surface area contributed by atoms with Gasteiger partial charge in [0.2, 0.25) is 0 Å². The molecule has 0 spiro atoms. The summed E-state index contributed by atoms with van der Waals surface area (Å²) in [6.45, 7) is 5.25. The van der Waals surface area contributed by atoms with Crippen LogP contribution in [0.15, 0.2) is 18.2 Å². The number of methoxy groups -OCH3 is 1. The molecule has 1 aromatic rings. The number of nitrogens with one attached hydrogen (secondary N) is 1. The van der Waals surface area contributed by atoms with E-state index in [-0.39, 0.29) is 11.6 Å².